The van der Waals surface area contributed by atoms with Crippen molar-refractivity contribution in [3.8, 4) is 33.8 Å². The van der Waals surface area contributed by atoms with Crippen molar-refractivity contribution in [1.82, 2.24) is 0 Å². The molecule has 1 aliphatic carbocycles. The van der Waals surface area contributed by atoms with E-state index in [0.29, 0.717) is 0 Å². The highest BCUT2D eigenvalue weighted by Crippen LogP contribution is 2.57. The summed E-state index contributed by atoms with van der Waals surface area (Å²) in [4.78, 5) is 4.60. The van der Waals surface area contributed by atoms with Crippen LogP contribution in [0.1, 0.15) is 22.6 Å². The van der Waals surface area contributed by atoms with Gasteiger partial charge in [0.05, 0.1) is 17.1 Å². The summed E-state index contributed by atoms with van der Waals surface area (Å²) in [5, 5.41) is 4.30. The molecule has 0 fully saturated rings. The van der Waals surface area contributed by atoms with E-state index in [1.54, 1.807) is 0 Å². The number of anilines is 6. The quantitative estimate of drug-likeness (QED) is 0.152. The molecule has 1 atom stereocenters. The zero-order chi connectivity index (χ0) is 44.7. The number of ether oxygens (including phenoxy) is 1. The molecule has 14 rings (SSSR count). The highest BCUT2D eigenvalue weighted by Gasteiger charge is 2.36. The summed E-state index contributed by atoms with van der Waals surface area (Å²) in [6, 6.07) is 79.1. The smallest absolute Gasteiger partial charge is 0.159 e. The number of fused-ring (bicyclic) bond motifs is 8. The van der Waals surface area contributed by atoms with E-state index in [1.807, 2.05) is 24.3 Å². The van der Waals surface area contributed by atoms with Crippen molar-refractivity contribution in [3.05, 3.63) is 247 Å². The highest BCUT2D eigenvalue weighted by atomic mass is 16.5. The van der Waals surface area contributed by atoms with Crippen LogP contribution in [0.3, 0.4) is 0 Å². The average Bonchev–Trinajstić information content (AvgIpc) is 4.13. The molecule has 10 aromatic carbocycles. The van der Waals surface area contributed by atoms with Gasteiger partial charge in [0.1, 0.15) is 16.9 Å². The summed E-state index contributed by atoms with van der Waals surface area (Å²) >= 11 is 0. The van der Waals surface area contributed by atoms with E-state index in [0.717, 1.165) is 117 Å². The molecule has 0 N–H and O–H groups in total. The lowest BCUT2D eigenvalue weighted by atomic mass is 9.88. The maximum absolute atomic E-state index is 7.40. The molecular formula is C63H40N2O3. The number of benzene rings is 10. The van der Waals surface area contributed by atoms with Crippen LogP contribution >= 0.6 is 0 Å². The minimum Gasteiger partial charge on any atom is -0.454 e. The maximum atomic E-state index is 7.40. The van der Waals surface area contributed by atoms with Gasteiger partial charge in [-0.3, -0.25) is 0 Å². The molecule has 5 heteroatoms. The summed E-state index contributed by atoms with van der Waals surface area (Å²) in [6.07, 6.45) is 4.55. The van der Waals surface area contributed by atoms with Gasteiger partial charge in [0, 0.05) is 61.7 Å². The Hall–Kier alpha value is -9.06. The molecule has 0 bridgehead atoms. The van der Waals surface area contributed by atoms with E-state index in [2.05, 4.69) is 222 Å². The second-order valence-corrected chi connectivity index (χ2v) is 17.6. The van der Waals surface area contributed by atoms with Gasteiger partial charge in [-0.2, -0.15) is 0 Å². The molecule has 5 nitrogen and oxygen atoms in total. The number of para-hydroxylation sites is 4. The molecule has 1 unspecified atom stereocenters. The highest BCUT2D eigenvalue weighted by molar-refractivity contribution is 6.12. The third kappa shape index (κ3) is 6.03. The third-order valence-electron chi connectivity index (χ3n) is 13.7. The van der Waals surface area contributed by atoms with Crippen LogP contribution in [0.5, 0.6) is 11.5 Å². The van der Waals surface area contributed by atoms with E-state index in [1.165, 1.54) is 11.1 Å². The number of allylic oxidation sites excluding steroid dienone is 1. The molecule has 1 aliphatic heterocycles. The van der Waals surface area contributed by atoms with Gasteiger partial charge in [0.15, 0.2) is 16.9 Å². The summed E-state index contributed by atoms with van der Waals surface area (Å²) in [7, 11) is 0. The van der Waals surface area contributed by atoms with E-state index in [4.69, 9.17) is 13.6 Å². The lowest BCUT2D eigenvalue weighted by Crippen LogP contribution is -2.16. The van der Waals surface area contributed by atoms with Crippen molar-refractivity contribution < 1.29 is 13.6 Å². The zero-order valence-electron chi connectivity index (χ0n) is 36.7. The first-order chi connectivity index (χ1) is 33.7. The number of nitrogens with zero attached hydrogens (tertiary/aromatic N) is 2. The van der Waals surface area contributed by atoms with Crippen LogP contribution in [0, 0.1) is 0 Å². The van der Waals surface area contributed by atoms with Gasteiger partial charge in [-0.25, -0.2) is 0 Å². The topological polar surface area (TPSA) is 42.0 Å². The number of rotatable bonds is 8. The van der Waals surface area contributed by atoms with Gasteiger partial charge in [-0.05, 0) is 88.5 Å². The number of furan rings is 2. The van der Waals surface area contributed by atoms with Gasteiger partial charge in [0.2, 0.25) is 0 Å². The number of hydrogen-bond donors (Lipinski definition) is 0. The Kier molecular flexibility index (Phi) is 8.58. The summed E-state index contributed by atoms with van der Waals surface area (Å²) in [5.74, 6) is 1.62. The van der Waals surface area contributed by atoms with E-state index < -0.39 is 0 Å². The molecule has 0 spiro atoms. The second-order valence-electron chi connectivity index (χ2n) is 17.6. The van der Waals surface area contributed by atoms with Gasteiger partial charge in [0.25, 0.3) is 0 Å². The first-order valence-electron chi connectivity index (χ1n) is 23.1. The Morgan fingerprint density at radius 3 is 1.47 bits per heavy atom. The molecule has 0 amide bonds. The SMILES string of the molecule is C1=CC2c3ccc(N(c4ccc(-c5ccccc5)cc4)c4cccc5c4oc4ccccc45)cc3Oc3c(N(c4ccc(-c5ccccc5)cc4)c4cccc5c4oc4ccccc45)ccc1c32. The fourth-order valence-electron chi connectivity index (χ4n) is 10.5. The maximum Gasteiger partial charge on any atom is 0.159 e. The monoisotopic (exact) mass is 872 g/mol. The van der Waals surface area contributed by atoms with E-state index in [9.17, 15) is 0 Å². The van der Waals surface area contributed by atoms with Crippen LogP contribution in [-0.2, 0) is 0 Å². The Balaban J connectivity index is 0.941. The Labute approximate surface area is 392 Å². The van der Waals surface area contributed by atoms with Crippen molar-refractivity contribution in [2.45, 2.75) is 5.92 Å². The minimum atomic E-state index is -0.000499. The molecule has 320 valence electrons. The lowest BCUT2D eigenvalue weighted by Gasteiger charge is -2.33. The van der Waals surface area contributed by atoms with Crippen molar-refractivity contribution in [3.63, 3.8) is 0 Å². The Bertz CT molecular complexity index is 3940. The Morgan fingerprint density at radius 2 is 0.868 bits per heavy atom. The fraction of sp³-hybridized carbons (Fsp3) is 0.0159. The molecule has 0 radical (unpaired) electrons. The van der Waals surface area contributed by atoms with Gasteiger partial charge in [-0.15, -0.1) is 0 Å². The summed E-state index contributed by atoms with van der Waals surface area (Å²) in [6.45, 7) is 0. The second kappa shape index (κ2) is 15.3. The van der Waals surface area contributed by atoms with Crippen LogP contribution in [0.15, 0.2) is 239 Å². The molecule has 3 heterocycles. The summed E-state index contributed by atoms with van der Waals surface area (Å²) in [5.41, 5.74) is 17.1. The van der Waals surface area contributed by atoms with Crippen molar-refractivity contribution in [2.75, 3.05) is 9.80 Å². The summed E-state index contributed by atoms with van der Waals surface area (Å²) < 4.78 is 20.9. The van der Waals surface area contributed by atoms with Crippen LogP contribution in [0.25, 0.3) is 72.2 Å². The lowest BCUT2D eigenvalue weighted by molar-refractivity contribution is 0.456. The largest absolute Gasteiger partial charge is 0.454 e. The average molecular weight is 873 g/mol. The van der Waals surface area contributed by atoms with Gasteiger partial charge >= 0.3 is 0 Å². The normalized spacial score (nSPS) is 13.5. The van der Waals surface area contributed by atoms with Crippen molar-refractivity contribution in [2.24, 2.45) is 0 Å². The van der Waals surface area contributed by atoms with Crippen LogP contribution in [-0.4, -0.2) is 0 Å². The third-order valence-corrected chi connectivity index (χ3v) is 13.7. The molecule has 0 saturated heterocycles. The fourth-order valence-corrected chi connectivity index (χ4v) is 10.5. The van der Waals surface area contributed by atoms with Crippen molar-refractivity contribution >= 4 is 84.1 Å². The standard InChI is InChI=1S/C63H40N2O3/c1-3-13-40(14-4-1)42-25-31-45(32-26-42)64(54-21-11-19-52-48-17-7-9-23-57(48)66-61(52)54)47-35-37-50-51-36-29-44-30-38-56(63(60(44)51)68-59(50)39-47)65(46-33-27-43(28-34-46)41-15-5-2-6-16-41)55-22-12-20-53-49-18-8-10-24-58(49)67-62(53)55/h1-39,51H. The molecule has 12 aromatic rings. The minimum absolute atomic E-state index is 0.000499. The van der Waals surface area contributed by atoms with Crippen LogP contribution in [0.4, 0.5) is 34.1 Å². The van der Waals surface area contributed by atoms with Gasteiger partial charge in [-0.1, -0.05) is 170 Å². The van der Waals surface area contributed by atoms with Crippen LogP contribution < -0.4 is 14.5 Å². The molecule has 2 aromatic heterocycles. The van der Waals surface area contributed by atoms with E-state index >= 15 is 0 Å². The van der Waals surface area contributed by atoms with E-state index in [-0.39, 0.29) is 5.92 Å². The zero-order valence-corrected chi connectivity index (χ0v) is 36.7. The molecule has 0 saturated carbocycles. The van der Waals surface area contributed by atoms with Crippen LogP contribution in [0.2, 0.25) is 0 Å². The molecular weight excluding hydrogens is 833 g/mol. The van der Waals surface area contributed by atoms with Gasteiger partial charge < -0.3 is 23.4 Å². The first-order valence-corrected chi connectivity index (χ1v) is 23.1. The van der Waals surface area contributed by atoms with Crippen molar-refractivity contribution in [1.29, 1.82) is 0 Å². The predicted octanol–water partition coefficient (Wildman–Crippen LogP) is 18.0. The first kappa shape index (κ1) is 38.2. The number of hydrogen-bond acceptors (Lipinski definition) is 5. The molecule has 68 heavy (non-hydrogen) atoms. The predicted molar refractivity (Wildman–Crippen MR) is 279 cm³/mol. The Morgan fingerprint density at radius 1 is 0.368 bits per heavy atom. The molecule has 2 aliphatic rings.